The maximum atomic E-state index is 10.7. The molecule has 0 radical (unpaired) electrons. The smallest absolute Gasteiger partial charge is 0.388 e. The van der Waals surface area contributed by atoms with Crippen LogP contribution in [0.5, 0.6) is 0 Å². The minimum Gasteiger partial charge on any atom is -0.388 e. The molecule has 0 saturated carbocycles. The standard InChI is InChI=1S/C7H5N3O3/c11-5-2-1-4(3-8-5)6-9-10-7(12)13-6/h1-3H,(H,8,11)(H,10,12). The summed E-state index contributed by atoms with van der Waals surface area (Å²) in [5.74, 6) is -0.470. The van der Waals surface area contributed by atoms with E-state index in [2.05, 4.69) is 19.6 Å². The van der Waals surface area contributed by atoms with Crippen molar-refractivity contribution in [2.75, 3.05) is 0 Å². The van der Waals surface area contributed by atoms with E-state index in [0.717, 1.165) is 0 Å². The second kappa shape index (κ2) is 2.74. The van der Waals surface area contributed by atoms with Crippen LogP contribution in [0.1, 0.15) is 0 Å². The van der Waals surface area contributed by atoms with Crippen molar-refractivity contribution in [2.24, 2.45) is 0 Å². The Morgan fingerprint density at radius 1 is 1.31 bits per heavy atom. The molecule has 0 atom stereocenters. The molecule has 0 fully saturated rings. The molecule has 6 nitrogen and oxygen atoms in total. The van der Waals surface area contributed by atoms with Gasteiger partial charge in [0.05, 0.1) is 5.56 Å². The van der Waals surface area contributed by atoms with Crippen molar-refractivity contribution in [3.05, 3.63) is 39.2 Å². The van der Waals surface area contributed by atoms with Gasteiger partial charge in [-0.25, -0.2) is 9.89 Å². The Morgan fingerprint density at radius 3 is 2.69 bits per heavy atom. The summed E-state index contributed by atoms with van der Waals surface area (Å²) in [6.45, 7) is 0. The maximum Gasteiger partial charge on any atom is 0.434 e. The molecule has 13 heavy (non-hydrogen) atoms. The third-order valence-electron chi connectivity index (χ3n) is 1.47. The van der Waals surface area contributed by atoms with Gasteiger partial charge in [-0.3, -0.25) is 4.79 Å². The van der Waals surface area contributed by atoms with Crippen molar-refractivity contribution >= 4 is 0 Å². The minimum atomic E-state index is -0.624. The Morgan fingerprint density at radius 2 is 2.15 bits per heavy atom. The summed E-state index contributed by atoms with van der Waals surface area (Å²) in [5.41, 5.74) is 0.319. The van der Waals surface area contributed by atoms with Crippen LogP contribution in [-0.2, 0) is 0 Å². The average Bonchev–Trinajstić information content (AvgIpc) is 2.53. The number of hydrogen-bond donors (Lipinski definition) is 2. The summed E-state index contributed by atoms with van der Waals surface area (Å²) in [6.07, 6.45) is 1.42. The molecule has 2 aromatic heterocycles. The van der Waals surface area contributed by atoms with Gasteiger partial charge < -0.3 is 9.40 Å². The molecule has 0 aliphatic carbocycles. The number of rotatable bonds is 1. The van der Waals surface area contributed by atoms with Crippen molar-refractivity contribution in [1.82, 2.24) is 15.2 Å². The summed E-state index contributed by atoms with van der Waals surface area (Å²) in [6, 6.07) is 2.84. The quantitative estimate of drug-likeness (QED) is 0.629. The molecule has 0 aromatic carbocycles. The van der Waals surface area contributed by atoms with E-state index in [1.807, 2.05) is 0 Å². The van der Waals surface area contributed by atoms with E-state index < -0.39 is 5.76 Å². The second-order valence-corrected chi connectivity index (χ2v) is 2.36. The zero-order chi connectivity index (χ0) is 9.26. The lowest BCUT2D eigenvalue weighted by atomic mass is 10.3. The number of hydrogen-bond acceptors (Lipinski definition) is 4. The van der Waals surface area contributed by atoms with E-state index >= 15 is 0 Å². The molecular weight excluding hydrogens is 174 g/mol. The Balaban J connectivity index is 2.53. The molecule has 2 rings (SSSR count). The van der Waals surface area contributed by atoms with Crippen molar-refractivity contribution in [1.29, 1.82) is 0 Å². The van der Waals surface area contributed by atoms with Gasteiger partial charge in [0.2, 0.25) is 5.56 Å². The lowest BCUT2D eigenvalue weighted by Crippen LogP contribution is -2.01. The predicted molar refractivity (Wildman–Crippen MR) is 43.2 cm³/mol. The molecule has 0 amide bonds. The lowest BCUT2D eigenvalue weighted by molar-refractivity contribution is 0.526. The van der Waals surface area contributed by atoms with Crippen LogP contribution >= 0.6 is 0 Å². The Labute approximate surface area is 71.2 Å². The van der Waals surface area contributed by atoms with Crippen LogP contribution in [0.4, 0.5) is 0 Å². The van der Waals surface area contributed by atoms with Crippen molar-refractivity contribution in [2.45, 2.75) is 0 Å². The van der Waals surface area contributed by atoms with Crippen LogP contribution in [0, 0.1) is 0 Å². The Bertz CT molecular complexity index is 502. The largest absolute Gasteiger partial charge is 0.434 e. The van der Waals surface area contributed by atoms with Gasteiger partial charge in [-0.2, -0.15) is 0 Å². The number of nitrogens with zero attached hydrogens (tertiary/aromatic N) is 1. The lowest BCUT2D eigenvalue weighted by Gasteiger charge is -1.89. The highest BCUT2D eigenvalue weighted by molar-refractivity contribution is 5.49. The fourth-order valence-corrected chi connectivity index (χ4v) is 0.897. The van der Waals surface area contributed by atoms with E-state index in [0.29, 0.717) is 5.56 Å². The minimum absolute atomic E-state index is 0.154. The summed E-state index contributed by atoms with van der Waals surface area (Å²) < 4.78 is 4.67. The summed E-state index contributed by atoms with van der Waals surface area (Å²) in [5, 5.41) is 5.71. The topological polar surface area (TPSA) is 91.8 Å². The van der Waals surface area contributed by atoms with Gasteiger partial charge >= 0.3 is 5.76 Å². The number of nitrogens with one attached hydrogen (secondary N) is 2. The van der Waals surface area contributed by atoms with Gasteiger partial charge in [0.25, 0.3) is 5.89 Å². The first-order valence-corrected chi connectivity index (χ1v) is 3.50. The number of pyridine rings is 1. The molecule has 0 unspecified atom stereocenters. The van der Waals surface area contributed by atoms with Crippen molar-refractivity contribution < 1.29 is 4.42 Å². The average molecular weight is 179 g/mol. The van der Waals surface area contributed by atoms with Crippen molar-refractivity contribution in [3.63, 3.8) is 0 Å². The fourth-order valence-electron chi connectivity index (χ4n) is 0.897. The van der Waals surface area contributed by atoms with Gasteiger partial charge in [-0.1, -0.05) is 0 Å². The fraction of sp³-hybridized carbons (Fsp3) is 0. The second-order valence-electron chi connectivity index (χ2n) is 2.36. The highest BCUT2D eigenvalue weighted by Gasteiger charge is 2.03. The van der Waals surface area contributed by atoms with Gasteiger partial charge in [-0.15, -0.1) is 5.10 Å². The zero-order valence-corrected chi connectivity index (χ0v) is 6.40. The van der Waals surface area contributed by atoms with Crippen LogP contribution < -0.4 is 11.3 Å². The monoisotopic (exact) mass is 179 g/mol. The van der Waals surface area contributed by atoms with Crippen LogP contribution in [0.15, 0.2) is 32.3 Å². The highest BCUT2D eigenvalue weighted by Crippen LogP contribution is 2.09. The molecule has 0 spiro atoms. The number of H-pyrrole nitrogens is 2. The summed E-state index contributed by atoms with van der Waals surface area (Å²) >= 11 is 0. The van der Waals surface area contributed by atoms with Crippen molar-refractivity contribution in [3.8, 4) is 11.5 Å². The van der Waals surface area contributed by atoms with Gasteiger partial charge in [0, 0.05) is 12.3 Å². The Hall–Kier alpha value is -2.11. The van der Waals surface area contributed by atoms with Crippen LogP contribution in [0.3, 0.4) is 0 Å². The molecular formula is C7H5N3O3. The van der Waals surface area contributed by atoms with E-state index in [1.165, 1.54) is 18.3 Å². The SMILES string of the molecule is O=c1ccc(-c2n[nH]c(=O)o2)c[nH]1. The molecule has 0 aliphatic heterocycles. The van der Waals surface area contributed by atoms with Gasteiger partial charge in [0.15, 0.2) is 0 Å². The van der Waals surface area contributed by atoms with Crippen LogP contribution in [0.2, 0.25) is 0 Å². The molecule has 2 N–H and O–H groups in total. The Kier molecular flexibility index (Phi) is 1.59. The van der Waals surface area contributed by atoms with Gasteiger partial charge in [-0.05, 0) is 6.07 Å². The maximum absolute atomic E-state index is 10.7. The zero-order valence-electron chi connectivity index (χ0n) is 6.40. The highest BCUT2D eigenvalue weighted by atomic mass is 16.4. The summed E-state index contributed by atoms with van der Waals surface area (Å²) in [7, 11) is 0. The molecule has 0 aliphatic rings. The van der Waals surface area contributed by atoms with E-state index in [4.69, 9.17) is 0 Å². The summed E-state index contributed by atoms with van der Waals surface area (Å²) in [4.78, 5) is 23.7. The van der Waals surface area contributed by atoms with Crippen LogP contribution in [0.25, 0.3) is 11.5 Å². The first-order chi connectivity index (χ1) is 6.25. The number of aromatic nitrogens is 3. The van der Waals surface area contributed by atoms with Crippen LogP contribution in [-0.4, -0.2) is 15.2 Å². The van der Waals surface area contributed by atoms with Gasteiger partial charge in [0.1, 0.15) is 0 Å². The molecule has 2 aromatic rings. The first-order valence-electron chi connectivity index (χ1n) is 3.50. The third kappa shape index (κ3) is 1.41. The van der Waals surface area contributed by atoms with E-state index in [-0.39, 0.29) is 11.4 Å². The normalized spacial score (nSPS) is 10.2. The third-order valence-corrected chi connectivity index (χ3v) is 1.47. The molecule has 0 saturated heterocycles. The number of aromatic amines is 2. The molecule has 66 valence electrons. The van der Waals surface area contributed by atoms with E-state index in [1.54, 1.807) is 0 Å². The molecule has 2 heterocycles. The predicted octanol–water partition coefficient (Wildman–Crippen LogP) is -0.282. The molecule has 6 heteroatoms. The van der Waals surface area contributed by atoms with E-state index in [9.17, 15) is 9.59 Å². The first kappa shape index (κ1) is 7.53. The molecule has 0 bridgehead atoms.